The molecule has 0 saturated carbocycles. The Bertz CT molecular complexity index is 1080. The molecule has 0 bridgehead atoms. The maximum Gasteiger partial charge on any atom is 0.305 e. The molecule has 2 atom stereocenters. The van der Waals surface area contributed by atoms with Crippen LogP contribution in [0.4, 0.5) is 0 Å². The maximum absolute atomic E-state index is 12.5. The van der Waals surface area contributed by atoms with Crippen molar-refractivity contribution in [3.05, 3.63) is 12.2 Å². The van der Waals surface area contributed by atoms with E-state index >= 15 is 0 Å². The number of amides is 1. The number of rotatable bonds is 62. The minimum atomic E-state index is -0.660. The zero-order valence-corrected chi connectivity index (χ0v) is 48.9. The number of nitrogens with one attached hydrogen (secondary N) is 1. The summed E-state index contributed by atoms with van der Waals surface area (Å²) in [6.07, 6.45) is 75.3. The molecule has 0 aromatic carbocycles. The summed E-state index contributed by atoms with van der Waals surface area (Å²) in [4.78, 5) is 24.5. The number of allylic oxidation sites excluding steroid dienone is 2. The van der Waals surface area contributed by atoms with Gasteiger partial charge in [-0.25, -0.2) is 0 Å². The molecule has 0 aromatic rings. The van der Waals surface area contributed by atoms with Crippen LogP contribution in [0.25, 0.3) is 0 Å². The van der Waals surface area contributed by atoms with Gasteiger partial charge in [0.05, 0.1) is 25.4 Å². The van der Waals surface area contributed by atoms with E-state index in [0.717, 1.165) is 44.9 Å². The van der Waals surface area contributed by atoms with Gasteiger partial charge in [0.25, 0.3) is 0 Å². The fourth-order valence-corrected chi connectivity index (χ4v) is 10.5. The van der Waals surface area contributed by atoms with E-state index in [1.54, 1.807) is 0 Å². The van der Waals surface area contributed by atoms with Gasteiger partial charge in [-0.1, -0.05) is 321 Å². The second kappa shape index (κ2) is 62.1. The van der Waals surface area contributed by atoms with Crippen LogP contribution in [0, 0.1) is 0 Å². The molecule has 1 amide bonds. The first-order valence-corrected chi connectivity index (χ1v) is 32.9. The molecule has 0 saturated heterocycles. The van der Waals surface area contributed by atoms with Crippen LogP contribution in [0.2, 0.25) is 0 Å². The van der Waals surface area contributed by atoms with E-state index in [1.165, 1.54) is 295 Å². The normalized spacial score (nSPS) is 12.6. The summed E-state index contributed by atoms with van der Waals surface area (Å²) >= 11 is 0. The number of aliphatic hydroxyl groups is 2. The van der Waals surface area contributed by atoms with Gasteiger partial charge in [-0.15, -0.1) is 0 Å². The Morgan fingerprint density at radius 3 is 0.986 bits per heavy atom. The molecule has 2 unspecified atom stereocenters. The van der Waals surface area contributed by atoms with E-state index in [0.29, 0.717) is 25.9 Å². The molecule has 0 aromatic heterocycles. The minimum Gasteiger partial charge on any atom is -0.466 e. The van der Waals surface area contributed by atoms with E-state index in [1.807, 2.05) is 0 Å². The van der Waals surface area contributed by atoms with E-state index in [9.17, 15) is 19.8 Å². The van der Waals surface area contributed by atoms with Gasteiger partial charge >= 0.3 is 5.97 Å². The summed E-state index contributed by atoms with van der Waals surface area (Å²) in [5.41, 5.74) is 0. The van der Waals surface area contributed by atoms with Crippen LogP contribution in [0.5, 0.6) is 0 Å². The SMILES string of the molecule is CCCCCCCC/C=C\CCCCCCCC(=O)OCCCCCCCCCCCCCCCCCCCCCCCCCCCCCCC(=O)NC(CO)C(O)CCCCCCCCCCCCCC. The average molecular weight is 1020 g/mol. The minimum absolute atomic E-state index is 0.0115. The summed E-state index contributed by atoms with van der Waals surface area (Å²) in [5.74, 6) is -0.0188. The highest BCUT2D eigenvalue weighted by Crippen LogP contribution is 2.19. The number of carbonyl (C=O) groups is 2. The van der Waals surface area contributed by atoms with E-state index in [2.05, 4.69) is 31.3 Å². The van der Waals surface area contributed by atoms with Gasteiger partial charge in [-0.3, -0.25) is 9.59 Å². The molecule has 0 aliphatic carbocycles. The van der Waals surface area contributed by atoms with Crippen molar-refractivity contribution in [3.8, 4) is 0 Å². The van der Waals surface area contributed by atoms with E-state index < -0.39 is 12.1 Å². The fraction of sp³-hybridized carbons (Fsp3) is 0.939. The van der Waals surface area contributed by atoms with Gasteiger partial charge < -0.3 is 20.3 Å². The van der Waals surface area contributed by atoms with Crippen LogP contribution in [0.15, 0.2) is 12.2 Å². The Hall–Kier alpha value is -1.40. The number of hydrogen-bond donors (Lipinski definition) is 3. The predicted octanol–water partition coefficient (Wildman–Crippen LogP) is 20.8. The summed E-state index contributed by atoms with van der Waals surface area (Å²) in [5, 5.41) is 23.2. The highest BCUT2D eigenvalue weighted by atomic mass is 16.5. The smallest absolute Gasteiger partial charge is 0.305 e. The van der Waals surface area contributed by atoms with E-state index in [4.69, 9.17) is 4.74 Å². The number of hydrogen-bond acceptors (Lipinski definition) is 5. The molecular formula is C66H129NO5. The Morgan fingerprint density at radius 2 is 0.653 bits per heavy atom. The van der Waals surface area contributed by atoms with Gasteiger partial charge in [0.2, 0.25) is 5.91 Å². The number of carbonyl (C=O) groups excluding carboxylic acids is 2. The number of aliphatic hydroxyl groups excluding tert-OH is 2. The first kappa shape index (κ1) is 70.6. The highest BCUT2D eigenvalue weighted by molar-refractivity contribution is 5.76. The quantitative estimate of drug-likeness (QED) is 0.0320. The third-order valence-corrected chi connectivity index (χ3v) is 15.6. The molecule has 0 fully saturated rings. The molecule has 0 aliphatic rings. The molecule has 0 spiro atoms. The largest absolute Gasteiger partial charge is 0.466 e. The second-order valence-electron chi connectivity index (χ2n) is 22.8. The lowest BCUT2D eigenvalue weighted by Crippen LogP contribution is -2.45. The van der Waals surface area contributed by atoms with Gasteiger partial charge in [0.1, 0.15) is 0 Å². The third kappa shape index (κ3) is 57.9. The maximum atomic E-state index is 12.5. The van der Waals surface area contributed by atoms with Crippen LogP contribution in [-0.2, 0) is 14.3 Å². The molecule has 0 rings (SSSR count). The molecule has 0 heterocycles. The van der Waals surface area contributed by atoms with Crippen molar-refractivity contribution in [2.75, 3.05) is 13.2 Å². The van der Waals surface area contributed by atoms with Crippen LogP contribution < -0.4 is 5.32 Å². The van der Waals surface area contributed by atoms with Gasteiger partial charge in [-0.05, 0) is 51.4 Å². The van der Waals surface area contributed by atoms with Gasteiger partial charge in [0.15, 0.2) is 0 Å². The van der Waals surface area contributed by atoms with Gasteiger partial charge in [0, 0.05) is 12.8 Å². The van der Waals surface area contributed by atoms with Crippen molar-refractivity contribution in [1.29, 1.82) is 0 Å². The van der Waals surface area contributed by atoms with Crippen molar-refractivity contribution in [2.45, 2.75) is 386 Å². The average Bonchev–Trinajstić information content (AvgIpc) is 3.38. The number of unbranched alkanes of at least 4 members (excludes halogenated alkanes) is 49. The van der Waals surface area contributed by atoms with Crippen molar-refractivity contribution in [3.63, 3.8) is 0 Å². The van der Waals surface area contributed by atoms with Crippen molar-refractivity contribution < 1.29 is 24.5 Å². The van der Waals surface area contributed by atoms with Crippen molar-refractivity contribution >= 4 is 11.9 Å². The highest BCUT2D eigenvalue weighted by Gasteiger charge is 2.20. The Balaban J connectivity index is 3.32. The summed E-state index contributed by atoms with van der Waals surface area (Å²) < 4.78 is 5.49. The van der Waals surface area contributed by atoms with Crippen molar-refractivity contribution in [2.24, 2.45) is 0 Å². The monoisotopic (exact) mass is 1020 g/mol. The fourth-order valence-electron chi connectivity index (χ4n) is 10.5. The second-order valence-corrected chi connectivity index (χ2v) is 22.8. The molecule has 0 aliphatic heterocycles. The van der Waals surface area contributed by atoms with Crippen LogP contribution in [0.3, 0.4) is 0 Å². The lowest BCUT2D eigenvalue weighted by Gasteiger charge is -2.22. The Labute approximate surface area is 450 Å². The molecule has 6 heteroatoms. The first-order valence-electron chi connectivity index (χ1n) is 32.9. The molecule has 0 radical (unpaired) electrons. The molecule has 428 valence electrons. The molecule has 72 heavy (non-hydrogen) atoms. The topological polar surface area (TPSA) is 95.9 Å². The Morgan fingerprint density at radius 1 is 0.375 bits per heavy atom. The first-order chi connectivity index (χ1) is 35.5. The summed E-state index contributed by atoms with van der Waals surface area (Å²) in [6.45, 7) is 4.97. The van der Waals surface area contributed by atoms with Crippen LogP contribution >= 0.6 is 0 Å². The van der Waals surface area contributed by atoms with E-state index in [-0.39, 0.29) is 18.5 Å². The van der Waals surface area contributed by atoms with Crippen LogP contribution in [-0.4, -0.2) is 47.4 Å². The third-order valence-electron chi connectivity index (χ3n) is 15.6. The molecule has 3 N–H and O–H groups in total. The standard InChI is InChI=1S/C66H129NO5/c1-3-5-7-9-11-13-15-17-32-36-40-44-48-52-56-60-66(71)72-61-57-53-49-45-41-37-34-31-29-27-25-23-21-19-18-20-22-24-26-28-30-33-35-39-43-47-51-55-59-65(70)67-63(62-68)64(69)58-54-50-46-42-38-16-14-12-10-8-6-4-2/h17,32,63-64,68-69H,3-16,18-31,33-62H2,1-2H3,(H,67,70)/b32-17-. The zero-order chi connectivity index (χ0) is 52.2. The molecule has 6 nitrogen and oxygen atoms in total. The predicted molar refractivity (Wildman–Crippen MR) is 315 cm³/mol. The number of ether oxygens (including phenoxy) is 1. The number of esters is 1. The van der Waals surface area contributed by atoms with Crippen LogP contribution in [0.1, 0.15) is 373 Å². The zero-order valence-electron chi connectivity index (χ0n) is 48.9. The Kier molecular flexibility index (Phi) is 60.9. The van der Waals surface area contributed by atoms with Gasteiger partial charge in [-0.2, -0.15) is 0 Å². The lowest BCUT2D eigenvalue weighted by atomic mass is 10.0. The summed E-state index contributed by atoms with van der Waals surface area (Å²) in [7, 11) is 0. The summed E-state index contributed by atoms with van der Waals surface area (Å²) in [6, 6.07) is -0.537. The van der Waals surface area contributed by atoms with Crippen molar-refractivity contribution in [1.82, 2.24) is 5.32 Å². The lowest BCUT2D eigenvalue weighted by molar-refractivity contribution is -0.143. The molecular weight excluding hydrogens is 887 g/mol.